The van der Waals surface area contributed by atoms with Crippen molar-refractivity contribution in [2.75, 3.05) is 11.1 Å². The van der Waals surface area contributed by atoms with Gasteiger partial charge < -0.3 is 16.4 Å². The number of anilines is 2. The van der Waals surface area contributed by atoms with Gasteiger partial charge >= 0.3 is 0 Å². The summed E-state index contributed by atoms with van der Waals surface area (Å²) >= 11 is 0. The van der Waals surface area contributed by atoms with Gasteiger partial charge in [-0.1, -0.05) is 30.3 Å². The number of nitrogen functional groups attached to an aromatic ring is 1. The maximum atomic E-state index is 12.3. The van der Waals surface area contributed by atoms with E-state index in [4.69, 9.17) is 5.73 Å². The fourth-order valence-electron chi connectivity index (χ4n) is 3.44. The van der Waals surface area contributed by atoms with E-state index in [2.05, 4.69) is 20.6 Å². The standard InChI is InChI=1S/C26H23N5O2/c1-17-9-10-28-15-21(17)19-11-20-13-24(29-16-22(20)23(27)12-19)31-26(33)8-7-25(32)30-14-18-5-3-2-4-6-18/h2-13,15-16H,14,27H2,1H3,(H,30,32)(H,29,31,33)/b8-7+. The van der Waals surface area contributed by atoms with Gasteiger partial charge in [-0.2, -0.15) is 0 Å². The number of nitrogens with zero attached hydrogens (tertiary/aromatic N) is 2. The quantitative estimate of drug-likeness (QED) is 0.312. The maximum absolute atomic E-state index is 12.3. The molecule has 4 aromatic rings. The van der Waals surface area contributed by atoms with Crippen LogP contribution in [0.2, 0.25) is 0 Å². The lowest BCUT2D eigenvalue weighted by Crippen LogP contribution is -2.21. The third kappa shape index (κ3) is 5.40. The second-order valence-electron chi connectivity index (χ2n) is 7.57. The lowest BCUT2D eigenvalue weighted by atomic mass is 9.99. The van der Waals surface area contributed by atoms with Crippen molar-refractivity contribution in [1.82, 2.24) is 15.3 Å². The van der Waals surface area contributed by atoms with Crippen molar-refractivity contribution in [3.8, 4) is 11.1 Å². The Kier molecular flexibility index (Phi) is 6.40. The fraction of sp³-hybridized carbons (Fsp3) is 0.0769. The zero-order valence-corrected chi connectivity index (χ0v) is 18.1. The number of carbonyl (C=O) groups excluding carboxylic acids is 2. The van der Waals surface area contributed by atoms with Crippen LogP contribution in [0.3, 0.4) is 0 Å². The largest absolute Gasteiger partial charge is 0.398 e. The number of rotatable bonds is 6. The van der Waals surface area contributed by atoms with Crippen molar-refractivity contribution < 1.29 is 9.59 Å². The SMILES string of the molecule is Cc1ccncc1-c1cc(N)c2cnc(NC(=O)/C=C/C(=O)NCc3ccccc3)cc2c1. The minimum absolute atomic E-state index is 0.357. The van der Waals surface area contributed by atoms with E-state index in [9.17, 15) is 9.59 Å². The zero-order chi connectivity index (χ0) is 23.2. The third-order valence-electron chi connectivity index (χ3n) is 5.17. The molecular formula is C26H23N5O2. The number of nitrogens with one attached hydrogen (secondary N) is 2. The Hall–Kier alpha value is -4.52. The summed E-state index contributed by atoms with van der Waals surface area (Å²) in [5.41, 5.74) is 10.8. The van der Waals surface area contributed by atoms with Crippen molar-refractivity contribution in [2.24, 2.45) is 0 Å². The van der Waals surface area contributed by atoms with E-state index in [0.29, 0.717) is 18.1 Å². The fourth-order valence-corrected chi connectivity index (χ4v) is 3.44. The highest BCUT2D eigenvalue weighted by Crippen LogP contribution is 2.31. The molecule has 0 unspecified atom stereocenters. The molecule has 33 heavy (non-hydrogen) atoms. The molecule has 0 atom stereocenters. The first-order valence-electron chi connectivity index (χ1n) is 10.4. The van der Waals surface area contributed by atoms with Crippen molar-refractivity contribution in [3.63, 3.8) is 0 Å². The third-order valence-corrected chi connectivity index (χ3v) is 5.17. The van der Waals surface area contributed by atoms with Crippen molar-refractivity contribution in [2.45, 2.75) is 13.5 Å². The second-order valence-corrected chi connectivity index (χ2v) is 7.57. The molecule has 2 amide bonds. The number of hydrogen-bond acceptors (Lipinski definition) is 5. The molecule has 0 aliphatic heterocycles. The summed E-state index contributed by atoms with van der Waals surface area (Å²) in [4.78, 5) is 32.7. The Labute approximate surface area is 191 Å². The van der Waals surface area contributed by atoms with Gasteiger partial charge in [0.25, 0.3) is 0 Å². The maximum Gasteiger partial charge on any atom is 0.249 e. The topological polar surface area (TPSA) is 110 Å². The van der Waals surface area contributed by atoms with Crippen LogP contribution < -0.4 is 16.4 Å². The second kappa shape index (κ2) is 9.74. The highest BCUT2D eigenvalue weighted by molar-refractivity contribution is 6.04. The number of carbonyl (C=O) groups is 2. The number of hydrogen-bond donors (Lipinski definition) is 3. The summed E-state index contributed by atoms with van der Waals surface area (Å²) in [6.45, 7) is 2.40. The molecule has 2 aromatic heterocycles. The van der Waals surface area contributed by atoms with Gasteiger partial charge in [-0.3, -0.25) is 14.6 Å². The molecule has 0 fully saturated rings. The Morgan fingerprint density at radius 2 is 1.79 bits per heavy atom. The van der Waals surface area contributed by atoms with Crippen molar-refractivity contribution in [3.05, 3.63) is 96.5 Å². The summed E-state index contributed by atoms with van der Waals surface area (Å²) in [7, 11) is 0. The van der Waals surface area contributed by atoms with Crippen LogP contribution in [0.15, 0.2) is 85.3 Å². The van der Waals surface area contributed by atoms with Gasteiger partial charge in [0, 0.05) is 53.9 Å². The molecule has 4 rings (SSSR count). The van der Waals surface area contributed by atoms with Gasteiger partial charge in [0.1, 0.15) is 5.82 Å². The van der Waals surface area contributed by atoms with E-state index in [1.54, 1.807) is 24.7 Å². The summed E-state index contributed by atoms with van der Waals surface area (Å²) in [6, 6.07) is 17.1. The number of fused-ring (bicyclic) bond motifs is 1. The molecule has 4 N–H and O–H groups in total. The molecule has 2 heterocycles. The first-order chi connectivity index (χ1) is 16.0. The molecule has 7 heteroatoms. The highest BCUT2D eigenvalue weighted by Gasteiger charge is 2.09. The van der Waals surface area contributed by atoms with Crippen LogP contribution in [0, 0.1) is 6.92 Å². The molecule has 0 spiro atoms. The predicted molar refractivity (Wildman–Crippen MR) is 130 cm³/mol. The van der Waals surface area contributed by atoms with Gasteiger partial charge in [-0.05, 0) is 53.3 Å². The van der Waals surface area contributed by atoms with Crippen LogP contribution in [-0.2, 0) is 16.1 Å². The van der Waals surface area contributed by atoms with E-state index < -0.39 is 5.91 Å². The van der Waals surface area contributed by atoms with Crippen molar-refractivity contribution >= 4 is 34.1 Å². The van der Waals surface area contributed by atoms with Gasteiger partial charge in [-0.15, -0.1) is 0 Å². The van der Waals surface area contributed by atoms with E-state index in [0.717, 1.165) is 33.0 Å². The van der Waals surface area contributed by atoms with Crippen LogP contribution >= 0.6 is 0 Å². The predicted octanol–water partition coefficient (Wildman–Crippen LogP) is 4.00. The van der Waals surface area contributed by atoms with Crippen LogP contribution in [0.25, 0.3) is 21.9 Å². The van der Waals surface area contributed by atoms with Gasteiger partial charge in [-0.25, -0.2) is 4.98 Å². The Balaban J connectivity index is 1.45. The number of pyridine rings is 2. The molecule has 7 nitrogen and oxygen atoms in total. The summed E-state index contributed by atoms with van der Waals surface area (Å²) in [5.74, 6) is -0.449. The Morgan fingerprint density at radius 1 is 1.00 bits per heavy atom. The smallest absolute Gasteiger partial charge is 0.249 e. The minimum atomic E-state index is -0.455. The molecule has 2 aromatic carbocycles. The Morgan fingerprint density at radius 3 is 2.58 bits per heavy atom. The van der Waals surface area contributed by atoms with E-state index in [1.807, 2.05) is 55.5 Å². The summed E-state index contributed by atoms with van der Waals surface area (Å²) < 4.78 is 0. The zero-order valence-electron chi connectivity index (χ0n) is 18.1. The lowest BCUT2D eigenvalue weighted by Gasteiger charge is -2.10. The molecule has 0 saturated carbocycles. The molecule has 0 aliphatic rings. The van der Waals surface area contributed by atoms with Gasteiger partial charge in [0.05, 0.1) is 0 Å². The van der Waals surface area contributed by atoms with Crippen LogP contribution in [-0.4, -0.2) is 21.8 Å². The molecular weight excluding hydrogens is 414 g/mol. The average Bonchev–Trinajstić information content (AvgIpc) is 2.82. The number of aryl methyl sites for hydroxylation is 1. The lowest BCUT2D eigenvalue weighted by molar-refractivity contribution is -0.117. The summed E-state index contributed by atoms with van der Waals surface area (Å²) in [5, 5.41) is 7.04. The molecule has 164 valence electrons. The van der Waals surface area contributed by atoms with E-state index in [-0.39, 0.29) is 5.91 Å². The molecule has 0 aliphatic carbocycles. The summed E-state index contributed by atoms with van der Waals surface area (Å²) in [6.07, 6.45) is 7.54. The van der Waals surface area contributed by atoms with Gasteiger partial charge in [0.2, 0.25) is 11.8 Å². The number of amides is 2. The van der Waals surface area contributed by atoms with Crippen molar-refractivity contribution in [1.29, 1.82) is 0 Å². The first kappa shape index (κ1) is 21.7. The minimum Gasteiger partial charge on any atom is -0.398 e. The van der Waals surface area contributed by atoms with Crippen LogP contribution in [0.1, 0.15) is 11.1 Å². The van der Waals surface area contributed by atoms with Crippen LogP contribution in [0.5, 0.6) is 0 Å². The Bertz CT molecular complexity index is 1350. The molecule has 0 radical (unpaired) electrons. The number of aromatic nitrogens is 2. The molecule has 0 bridgehead atoms. The number of benzene rings is 2. The number of nitrogens with two attached hydrogens (primary N) is 1. The van der Waals surface area contributed by atoms with Gasteiger partial charge in [0.15, 0.2) is 0 Å². The van der Waals surface area contributed by atoms with E-state index >= 15 is 0 Å². The average molecular weight is 438 g/mol. The first-order valence-corrected chi connectivity index (χ1v) is 10.4. The highest BCUT2D eigenvalue weighted by atomic mass is 16.2. The normalized spacial score (nSPS) is 10.9. The van der Waals surface area contributed by atoms with E-state index in [1.165, 1.54) is 12.2 Å². The monoisotopic (exact) mass is 437 g/mol. The van der Waals surface area contributed by atoms with Crippen LogP contribution in [0.4, 0.5) is 11.5 Å². The molecule has 0 saturated heterocycles.